The van der Waals surface area contributed by atoms with E-state index in [4.69, 9.17) is 4.55 Å². The van der Waals surface area contributed by atoms with Gasteiger partial charge in [-0.1, -0.05) is 11.3 Å². The van der Waals surface area contributed by atoms with E-state index < -0.39 is 10.1 Å². The van der Waals surface area contributed by atoms with Crippen molar-refractivity contribution in [1.82, 2.24) is 0 Å². The lowest BCUT2D eigenvalue weighted by atomic mass is 10.3. The van der Waals surface area contributed by atoms with Crippen LogP contribution in [0.15, 0.2) is 5.51 Å². The van der Waals surface area contributed by atoms with Crippen LogP contribution < -0.4 is 4.57 Å². The fraction of sp³-hybridized carbons (Fsp3) is 0.571. The average molecular weight is 222 g/mol. The third-order valence-electron chi connectivity index (χ3n) is 1.87. The fourth-order valence-corrected chi connectivity index (χ4v) is 2.53. The van der Waals surface area contributed by atoms with Gasteiger partial charge in [-0.2, -0.15) is 13.0 Å². The van der Waals surface area contributed by atoms with E-state index in [2.05, 4.69) is 0 Å². The minimum atomic E-state index is -3.83. The molecule has 0 aliphatic carbocycles. The summed E-state index contributed by atoms with van der Waals surface area (Å²) in [6, 6.07) is 0. The average Bonchev–Trinajstić information content (AvgIpc) is 2.29. The molecule has 0 aliphatic rings. The Hall–Kier alpha value is -0.460. The fourth-order valence-electron chi connectivity index (χ4n) is 0.965. The molecular formula is C7H12NO3S2+. The second-order valence-corrected chi connectivity index (χ2v) is 5.39. The predicted molar refractivity (Wildman–Crippen MR) is 50.4 cm³/mol. The normalized spacial score (nSPS) is 11.9. The van der Waals surface area contributed by atoms with E-state index in [0.29, 0.717) is 6.42 Å². The number of thiazole rings is 1. The van der Waals surface area contributed by atoms with Crippen LogP contribution in [0.1, 0.15) is 10.6 Å². The van der Waals surface area contributed by atoms with Crippen molar-refractivity contribution in [2.75, 3.05) is 5.75 Å². The molecule has 74 valence electrons. The molecule has 1 aromatic rings. The van der Waals surface area contributed by atoms with E-state index in [0.717, 1.165) is 10.6 Å². The molecular weight excluding hydrogens is 210 g/mol. The van der Waals surface area contributed by atoms with Crippen LogP contribution in [0.4, 0.5) is 0 Å². The third kappa shape index (κ3) is 3.06. The predicted octanol–water partition coefficient (Wildman–Crippen LogP) is 0.311. The molecule has 1 N–H and O–H groups in total. The number of aromatic nitrogens is 1. The second kappa shape index (κ2) is 3.73. The van der Waals surface area contributed by atoms with E-state index in [1.165, 1.54) is 11.3 Å². The molecule has 1 rings (SSSR count). The van der Waals surface area contributed by atoms with E-state index >= 15 is 0 Å². The summed E-state index contributed by atoms with van der Waals surface area (Å²) in [7, 11) is -1.93. The Morgan fingerprint density at radius 2 is 2.23 bits per heavy atom. The summed E-state index contributed by atoms with van der Waals surface area (Å²) in [6.45, 7) is 1.93. The Labute approximate surface area is 81.6 Å². The van der Waals surface area contributed by atoms with Crippen LogP contribution in [-0.4, -0.2) is 18.7 Å². The van der Waals surface area contributed by atoms with Gasteiger partial charge in [0.15, 0.2) is 5.69 Å². The second-order valence-electron chi connectivity index (χ2n) is 2.88. The summed E-state index contributed by atoms with van der Waals surface area (Å²) in [5, 5.41) is 0. The maximum atomic E-state index is 10.5. The van der Waals surface area contributed by atoms with Crippen molar-refractivity contribution >= 4 is 21.5 Å². The number of rotatable bonds is 3. The minimum absolute atomic E-state index is 0.200. The quantitative estimate of drug-likeness (QED) is 0.591. The summed E-state index contributed by atoms with van der Waals surface area (Å²) in [4.78, 5) is 1.00. The number of aryl methyl sites for hydroxylation is 2. The molecule has 0 bridgehead atoms. The highest BCUT2D eigenvalue weighted by atomic mass is 32.2. The number of nitrogens with zero attached hydrogens (tertiary/aromatic N) is 1. The first-order valence-corrected chi connectivity index (χ1v) is 6.27. The lowest BCUT2D eigenvalue weighted by molar-refractivity contribution is -0.672. The van der Waals surface area contributed by atoms with Gasteiger partial charge in [-0.05, 0) is 0 Å². The Morgan fingerprint density at radius 1 is 1.62 bits per heavy atom. The van der Waals surface area contributed by atoms with E-state index in [9.17, 15) is 8.42 Å². The smallest absolute Gasteiger partial charge is 0.265 e. The van der Waals surface area contributed by atoms with Crippen molar-refractivity contribution in [2.45, 2.75) is 13.3 Å². The Balaban J connectivity index is 2.71. The summed E-state index contributed by atoms with van der Waals surface area (Å²) < 4.78 is 31.4. The highest BCUT2D eigenvalue weighted by Crippen LogP contribution is 2.11. The topological polar surface area (TPSA) is 58.3 Å². The minimum Gasteiger partial charge on any atom is -0.286 e. The molecule has 0 spiro atoms. The van der Waals surface area contributed by atoms with Crippen molar-refractivity contribution in [3.63, 3.8) is 0 Å². The molecule has 6 heteroatoms. The van der Waals surface area contributed by atoms with Gasteiger partial charge in [0.2, 0.25) is 5.51 Å². The first-order valence-electron chi connectivity index (χ1n) is 3.78. The molecule has 1 heterocycles. The lowest BCUT2D eigenvalue weighted by Gasteiger charge is -1.93. The molecule has 0 aromatic carbocycles. The number of hydrogen-bond donors (Lipinski definition) is 1. The maximum absolute atomic E-state index is 10.5. The molecule has 0 saturated carbocycles. The van der Waals surface area contributed by atoms with Gasteiger partial charge in [0.1, 0.15) is 7.05 Å². The molecule has 0 atom stereocenters. The van der Waals surface area contributed by atoms with Gasteiger partial charge in [-0.15, -0.1) is 0 Å². The van der Waals surface area contributed by atoms with Gasteiger partial charge in [-0.3, -0.25) is 4.55 Å². The molecule has 0 saturated heterocycles. The lowest BCUT2D eigenvalue weighted by Crippen LogP contribution is -2.28. The Bertz CT molecular complexity index is 394. The molecule has 13 heavy (non-hydrogen) atoms. The third-order valence-corrected chi connectivity index (χ3v) is 3.80. The summed E-state index contributed by atoms with van der Waals surface area (Å²) in [5.74, 6) is -0.200. The summed E-state index contributed by atoms with van der Waals surface area (Å²) in [5.41, 5.74) is 2.96. The van der Waals surface area contributed by atoms with E-state index in [-0.39, 0.29) is 5.75 Å². The summed E-state index contributed by atoms with van der Waals surface area (Å²) in [6.07, 6.45) is 0.385. The van der Waals surface area contributed by atoms with Crippen LogP contribution in [0.3, 0.4) is 0 Å². The van der Waals surface area contributed by atoms with Crippen LogP contribution in [0, 0.1) is 6.92 Å². The van der Waals surface area contributed by atoms with Crippen molar-refractivity contribution in [2.24, 2.45) is 7.05 Å². The maximum Gasteiger partial charge on any atom is 0.265 e. The van der Waals surface area contributed by atoms with Crippen molar-refractivity contribution in [1.29, 1.82) is 0 Å². The molecule has 1 aromatic heterocycles. The van der Waals surface area contributed by atoms with Crippen LogP contribution in [0.25, 0.3) is 0 Å². The zero-order chi connectivity index (χ0) is 10.1. The first kappa shape index (κ1) is 10.6. The zero-order valence-electron chi connectivity index (χ0n) is 7.52. The highest BCUT2D eigenvalue weighted by Gasteiger charge is 2.14. The van der Waals surface area contributed by atoms with Crippen molar-refractivity contribution < 1.29 is 17.5 Å². The Morgan fingerprint density at radius 3 is 2.62 bits per heavy atom. The van der Waals surface area contributed by atoms with Gasteiger partial charge in [0.25, 0.3) is 10.1 Å². The molecule has 0 fully saturated rings. The molecule has 0 radical (unpaired) electrons. The van der Waals surface area contributed by atoms with Crippen LogP contribution in [0.5, 0.6) is 0 Å². The molecule has 0 aliphatic heterocycles. The van der Waals surface area contributed by atoms with Gasteiger partial charge in [-0.25, -0.2) is 0 Å². The zero-order valence-corrected chi connectivity index (χ0v) is 9.15. The summed E-state index contributed by atoms with van der Waals surface area (Å²) >= 11 is 1.50. The van der Waals surface area contributed by atoms with Crippen LogP contribution in [0.2, 0.25) is 0 Å². The highest BCUT2D eigenvalue weighted by molar-refractivity contribution is 7.85. The van der Waals surface area contributed by atoms with Crippen LogP contribution in [-0.2, 0) is 23.6 Å². The number of hydrogen-bond acceptors (Lipinski definition) is 3. The van der Waals surface area contributed by atoms with Gasteiger partial charge >= 0.3 is 0 Å². The molecule has 0 amide bonds. The van der Waals surface area contributed by atoms with Crippen molar-refractivity contribution in [3.05, 3.63) is 16.1 Å². The molecule has 4 nitrogen and oxygen atoms in total. The van der Waals surface area contributed by atoms with Gasteiger partial charge in [0, 0.05) is 13.3 Å². The largest absolute Gasteiger partial charge is 0.286 e. The van der Waals surface area contributed by atoms with Gasteiger partial charge in [0.05, 0.1) is 10.6 Å². The standard InChI is InChI=1S/C7H11NO3S2/c1-6-7(12-5-8(6)2)3-4-13(9,10)11/h5H,3-4H2,1-2H3/p+1. The molecule has 0 unspecified atom stereocenters. The van der Waals surface area contributed by atoms with Gasteiger partial charge < -0.3 is 0 Å². The SMILES string of the molecule is Cc1c(CCS(=O)(=O)O)sc[n+]1C. The Kier molecular flexibility index (Phi) is 3.05. The first-order chi connectivity index (χ1) is 5.90. The monoisotopic (exact) mass is 222 g/mol. The van der Waals surface area contributed by atoms with Crippen LogP contribution >= 0.6 is 11.3 Å². The van der Waals surface area contributed by atoms with Crippen molar-refractivity contribution in [3.8, 4) is 0 Å². The van der Waals surface area contributed by atoms with E-state index in [1.54, 1.807) is 0 Å². The van der Waals surface area contributed by atoms with E-state index in [1.807, 2.05) is 24.0 Å².